The molecule has 10 nitrogen and oxygen atoms in total. The first-order chi connectivity index (χ1) is 19.6. The number of fused-ring (bicyclic) bond motifs is 1. The number of rotatable bonds is 9. The van der Waals surface area contributed by atoms with Crippen molar-refractivity contribution in [1.82, 2.24) is 19.8 Å². The molecule has 42 heavy (non-hydrogen) atoms. The molecule has 1 atom stereocenters. The van der Waals surface area contributed by atoms with Crippen molar-refractivity contribution in [2.45, 2.75) is 57.1 Å². The highest BCUT2D eigenvalue weighted by molar-refractivity contribution is 7.91. The van der Waals surface area contributed by atoms with Gasteiger partial charge in [-0.25, -0.2) is 13.2 Å². The first-order valence-corrected chi connectivity index (χ1v) is 15.3. The molecule has 1 aromatic heterocycles. The molecular formula is C26H27Cl2F3N4O6S. The summed E-state index contributed by atoms with van der Waals surface area (Å²) in [6.45, 7) is 2.91. The van der Waals surface area contributed by atoms with Crippen LogP contribution in [0.15, 0.2) is 38.8 Å². The van der Waals surface area contributed by atoms with E-state index in [-0.39, 0.29) is 67.8 Å². The average Bonchev–Trinajstić information content (AvgIpc) is 3.34. The van der Waals surface area contributed by atoms with E-state index in [0.29, 0.717) is 17.5 Å². The molecule has 1 saturated heterocycles. The SMILES string of the molecule is CCS(=O)(=O)c1ccc(Cl)cc1Cn1c(=O)[nH]c2c(Cl)c(CN3CCC[C@@H]3CNC(C)=O)c(OC(F)(F)F)cc2c1=O. The number of sulfone groups is 1. The van der Waals surface area contributed by atoms with Gasteiger partial charge in [0.2, 0.25) is 5.91 Å². The van der Waals surface area contributed by atoms with E-state index in [2.05, 4.69) is 15.0 Å². The Kier molecular flexibility index (Phi) is 9.31. The number of hydrogen-bond acceptors (Lipinski definition) is 7. The van der Waals surface area contributed by atoms with Gasteiger partial charge in [-0.2, -0.15) is 0 Å². The zero-order valence-corrected chi connectivity index (χ0v) is 24.8. The second kappa shape index (κ2) is 12.3. The molecule has 0 aliphatic carbocycles. The first kappa shape index (κ1) is 31.9. The molecule has 0 bridgehead atoms. The Balaban J connectivity index is 1.85. The van der Waals surface area contributed by atoms with Crippen LogP contribution in [0.2, 0.25) is 10.0 Å². The van der Waals surface area contributed by atoms with Gasteiger partial charge in [0.15, 0.2) is 9.84 Å². The summed E-state index contributed by atoms with van der Waals surface area (Å²) in [7, 11) is -3.78. The number of hydrogen-bond donors (Lipinski definition) is 2. The zero-order valence-electron chi connectivity index (χ0n) is 22.5. The molecule has 0 radical (unpaired) electrons. The van der Waals surface area contributed by atoms with Gasteiger partial charge in [-0.15, -0.1) is 13.2 Å². The van der Waals surface area contributed by atoms with Gasteiger partial charge in [0.05, 0.1) is 33.1 Å². The summed E-state index contributed by atoms with van der Waals surface area (Å²) in [6.07, 6.45) is -3.72. The van der Waals surface area contributed by atoms with E-state index in [0.717, 1.165) is 12.5 Å². The van der Waals surface area contributed by atoms with Crippen LogP contribution < -0.4 is 21.3 Å². The predicted octanol–water partition coefficient (Wildman–Crippen LogP) is 3.84. The quantitative estimate of drug-likeness (QED) is 0.360. The van der Waals surface area contributed by atoms with Gasteiger partial charge >= 0.3 is 12.1 Å². The summed E-state index contributed by atoms with van der Waals surface area (Å²) >= 11 is 12.6. The fourth-order valence-electron chi connectivity index (χ4n) is 4.98. The molecule has 4 rings (SSSR count). The van der Waals surface area contributed by atoms with Crippen molar-refractivity contribution >= 4 is 49.8 Å². The molecule has 1 fully saturated rings. The highest BCUT2D eigenvalue weighted by Gasteiger charge is 2.35. The van der Waals surface area contributed by atoms with E-state index in [1.807, 2.05) is 4.90 Å². The lowest BCUT2D eigenvalue weighted by atomic mass is 10.1. The summed E-state index contributed by atoms with van der Waals surface area (Å²) in [5, 5.41) is 2.17. The number of ether oxygens (including phenoxy) is 1. The number of benzene rings is 2. The zero-order chi connectivity index (χ0) is 31.0. The van der Waals surface area contributed by atoms with E-state index in [4.69, 9.17) is 23.2 Å². The van der Waals surface area contributed by atoms with Crippen molar-refractivity contribution in [3.8, 4) is 5.75 Å². The maximum Gasteiger partial charge on any atom is 0.573 e. The minimum Gasteiger partial charge on any atom is -0.405 e. The van der Waals surface area contributed by atoms with Crippen molar-refractivity contribution in [2.75, 3.05) is 18.8 Å². The lowest BCUT2D eigenvalue weighted by molar-refractivity contribution is -0.274. The normalized spacial score (nSPS) is 16.2. The lowest BCUT2D eigenvalue weighted by Crippen LogP contribution is -2.39. The third-order valence-electron chi connectivity index (χ3n) is 7.02. The third kappa shape index (κ3) is 6.93. The Labute approximate surface area is 248 Å². The number of carbonyl (C=O) groups is 1. The van der Waals surface area contributed by atoms with E-state index >= 15 is 0 Å². The Morgan fingerprint density at radius 2 is 1.90 bits per heavy atom. The number of nitrogens with zero attached hydrogens (tertiary/aromatic N) is 2. The first-order valence-electron chi connectivity index (χ1n) is 12.8. The highest BCUT2D eigenvalue weighted by Crippen LogP contribution is 2.37. The smallest absolute Gasteiger partial charge is 0.405 e. The van der Waals surface area contributed by atoms with Crippen LogP contribution in [0.3, 0.4) is 0 Å². The molecule has 16 heteroatoms. The average molecular weight is 651 g/mol. The molecular weight excluding hydrogens is 624 g/mol. The summed E-state index contributed by atoms with van der Waals surface area (Å²) in [6, 6.07) is 4.58. The molecule has 2 aromatic carbocycles. The van der Waals surface area contributed by atoms with Crippen LogP contribution in [0.5, 0.6) is 5.75 Å². The van der Waals surface area contributed by atoms with Crippen molar-refractivity contribution < 1.29 is 31.1 Å². The van der Waals surface area contributed by atoms with Crippen LogP contribution in [-0.2, 0) is 27.7 Å². The van der Waals surface area contributed by atoms with Crippen molar-refractivity contribution in [3.63, 3.8) is 0 Å². The molecule has 1 amide bonds. The van der Waals surface area contributed by atoms with Gasteiger partial charge in [-0.1, -0.05) is 30.1 Å². The Hall–Kier alpha value is -3.07. The monoisotopic (exact) mass is 650 g/mol. The van der Waals surface area contributed by atoms with Gasteiger partial charge < -0.3 is 15.0 Å². The minimum atomic E-state index is -5.13. The van der Waals surface area contributed by atoms with Crippen LogP contribution in [-0.4, -0.2) is 60.0 Å². The number of aromatic nitrogens is 2. The second-order valence-corrected chi connectivity index (χ2v) is 12.9. The maximum absolute atomic E-state index is 13.5. The summed E-state index contributed by atoms with van der Waals surface area (Å²) in [5.74, 6) is -1.24. The predicted molar refractivity (Wildman–Crippen MR) is 151 cm³/mol. The Morgan fingerprint density at radius 3 is 2.55 bits per heavy atom. The second-order valence-electron chi connectivity index (χ2n) is 9.82. The largest absolute Gasteiger partial charge is 0.573 e. The number of halogens is 5. The number of likely N-dealkylation sites (tertiary alicyclic amines) is 1. The van der Waals surface area contributed by atoms with Gasteiger partial charge in [0.1, 0.15) is 5.75 Å². The van der Waals surface area contributed by atoms with Gasteiger partial charge in [0, 0.05) is 36.6 Å². The van der Waals surface area contributed by atoms with E-state index < -0.39 is 39.7 Å². The van der Waals surface area contributed by atoms with Crippen molar-refractivity contribution in [3.05, 3.63) is 66.3 Å². The Bertz CT molecular complexity index is 1760. The molecule has 3 aromatic rings. The molecule has 0 spiro atoms. The molecule has 2 N–H and O–H groups in total. The summed E-state index contributed by atoms with van der Waals surface area (Å²) < 4.78 is 70.6. The number of amides is 1. The van der Waals surface area contributed by atoms with Gasteiger partial charge in [-0.05, 0) is 49.2 Å². The fraction of sp³-hybridized carbons (Fsp3) is 0.423. The van der Waals surface area contributed by atoms with Crippen LogP contribution in [0.25, 0.3) is 10.9 Å². The third-order valence-corrected chi connectivity index (χ3v) is 9.50. The van der Waals surface area contributed by atoms with Crippen LogP contribution in [0.1, 0.15) is 37.8 Å². The van der Waals surface area contributed by atoms with E-state index in [1.54, 1.807) is 0 Å². The number of H-pyrrole nitrogens is 1. The standard InChI is InChI=1S/C26H27Cl2F3N4O6S/c1-3-42(39,40)21-7-6-16(27)9-15(21)12-35-24(37)18-10-20(41-26(29,30)31)19(22(28)23(18)33-25(35)38)13-34-8-4-5-17(34)11-32-14(2)36/h6-7,9-10,17H,3-5,8,11-13H2,1-2H3,(H,32,36)(H,33,38)/t17-/m1/s1. The Morgan fingerprint density at radius 1 is 1.19 bits per heavy atom. The van der Waals surface area contributed by atoms with Crippen LogP contribution in [0, 0.1) is 0 Å². The van der Waals surface area contributed by atoms with E-state index in [9.17, 15) is 36.0 Å². The number of nitrogens with one attached hydrogen (secondary N) is 2. The van der Waals surface area contributed by atoms with Crippen LogP contribution in [0.4, 0.5) is 13.2 Å². The molecule has 1 aliphatic rings. The maximum atomic E-state index is 13.5. The van der Waals surface area contributed by atoms with E-state index in [1.165, 1.54) is 32.0 Å². The van der Waals surface area contributed by atoms with Gasteiger partial charge in [-0.3, -0.25) is 19.1 Å². The number of aromatic amines is 1. The highest BCUT2D eigenvalue weighted by atomic mass is 35.5. The van der Waals surface area contributed by atoms with Crippen molar-refractivity contribution in [1.29, 1.82) is 0 Å². The number of carbonyl (C=O) groups excluding carboxylic acids is 1. The minimum absolute atomic E-state index is 0.0463. The molecule has 228 valence electrons. The fourth-order valence-corrected chi connectivity index (χ4v) is 6.58. The summed E-state index contributed by atoms with van der Waals surface area (Å²) in [4.78, 5) is 42.1. The van der Waals surface area contributed by atoms with Gasteiger partial charge in [0.25, 0.3) is 5.56 Å². The van der Waals surface area contributed by atoms with Crippen molar-refractivity contribution in [2.24, 2.45) is 0 Å². The van der Waals surface area contributed by atoms with Crippen LogP contribution >= 0.6 is 23.2 Å². The lowest BCUT2D eigenvalue weighted by Gasteiger charge is -2.26. The molecule has 0 saturated carbocycles. The molecule has 1 aliphatic heterocycles. The summed E-state index contributed by atoms with van der Waals surface area (Å²) in [5.41, 5.74) is -2.23. The topological polar surface area (TPSA) is 131 Å². The molecule has 0 unspecified atom stereocenters. The molecule has 2 heterocycles. The number of alkyl halides is 3.